The molecule has 0 aliphatic heterocycles. The number of rotatable bonds is 3. The van der Waals surface area contributed by atoms with Gasteiger partial charge in [-0.15, -0.1) is 0 Å². The van der Waals surface area contributed by atoms with E-state index in [9.17, 15) is 9.90 Å². The van der Waals surface area contributed by atoms with Crippen LogP contribution in [0.1, 0.15) is 32.6 Å². The monoisotopic (exact) mass is 237 g/mol. The summed E-state index contributed by atoms with van der Waals surface area (Å²) in [5.41, 5.74) is -0.227. The van der Waals surface area contributed by atoms with E-state index in [4.69, 9.17) is 0 Å². The van der Waals surface area contributed by atoms with Crippen LogP contribution in [0.4, 0.5) is 5.69 Å². The number of hydrogen-bond acceptors (Lipinski definition) is 4. The summed E-state index contributed by atoms with van der Waals surface area (Å²) in [6.45, 7) is 2.69. The smallest absolute Gasteiger partial charge is 0.266 e. The molecule has 1 fully saturated rings. The Balaban J connectivity index is 1.91. The number of aliphatic hydroxyl groups is 1. The molecule has 0 radical (unpaired) electrons. The quantitative estimate of drug-likeness (QED) is 0.736. The summed E-state index contributed by atoms with van der Waals surface area (Å²) in [5, 5.41) is 19.4. The molecular weight excluding hydrogens is 218 g/mol. The van der Waals surface area contributed by atoms with Crippen LogP contribution in [0.2, 0.25) is 0 Å². The molecule has 1 heterocycles. The van der Waals surface area contributed by atoms with Gasteiger partial charge in [0.1, 0.15) is 0 Å². The molecule has 0 saturated heterocycles. The van der Waals surface area contributed by atoms with Crippen molar-refractivity contribution in [1.82, 2.24) is 10.2 Å². The highest BCUT2D eigenvalue weighted by Gasteiger charge is 2.31. The maximum atomic E-state index is 11.0. The van der Waals surface area contributed by atoms with Crippen molar-refractivity contribution < 1.29 is 5.11 Å². The van der Waals surface area contributed by atoms with E-state index in [0.717, 1.165) is 25.7 Å². The lowest BCUT2D eigenvalue weighted by Gasteiger charge is -2.35. The maximum absolute atomic E-state index is 11.0. The van der Waals surface area contributed by atoms with Gasteiger partial charge in [0.25, 0.3) is 5.56 Å². The summed E-state index contributed by atoms with van der Waals surface area (Å²) in [6.07, 6.45) is 5.31. The van der Waals surface area contributed by atoms with E-state index in [0.29, 0.717) is 18.2 Å². The molecule has 1 aliphatic rings. The molecule has 1 saturated carbocycles. The third kappa shape index (κ3) is 3.30. The Kier molecular flexibility index (Phi) is 3.47. The molecule has 0 amide bonds. The van der Waals surface area contributed by atoms with Crippen LogP contribution in [0, 0.1) is 5.92 Å². The second kappa shape index (κ2) is 4.87. The van der Waals surface area contributed by atoms with Crippen LogP contribution in [0.5, 0.6) is 0 Å². The van der Waals surface area contributed by atoms with Gasteiger partial charge in [0, 0.05) is 12.6 Å². The zero-order valence-electron chi connectivity index (χ0n) is 10.1. The summed E-state index contributed by atoms with van der Waals surface area (Å²) in [6, 6.07) is 1.45. The van der Waals surface area contributed by atoms with Gasteiger partial charge in [0.05, 0.1) is 17.5 Å². The molecule has 0 aromatic carbocycles. The summed E-state index contributed by atoms with van der Waals surface area (Å²) in [7, 11) is 0. The number of aromatic amines is 1. The van der Waals surface area contributed by atoms with Crippen LogP contribution in [0.25, 0.3) is 0 Å². The van der Waals surface area contributed by atoms with Crippen molar-refractivity contribution in [1.29, 1.82) is 0 Å². The minimum absolute atomic E-state index is 0.237. The van der Waals surface area contributed by atoms with E-state index in [-0.39, 0.29) is 5.56 Å². The topological polar surface area (TPSA) is 78.0 Å². The van der Waals surface area contributed by atoms with Crippen LogP contribution < -0.4 is 10.9 Å². The Morgan fingerprint density at radius 2 is 2.29 bits per heavy atom. The lowest BCUT2D eigenvalue weighted by atomic mass is 9.79. The first-order valence-electron chi connectivity index (χ1n) is 6.08. The first-order chi connectivity index (χ1) is 8.07. The molecule has 94 valence electrons. The van der Waals surface area contributed by atoms with E-state index >= 15 is 0 Å². The van der Waals surface area contributed by atoms with E-state index in [1.807, 2.05) is 0 Å². The van der Waals surface area contributed by atoms with Crippen molar-refractivity contribution in [2.75, 3.05) is 11.9 Å². The highest BCUT2D eigenvalue weighted by Crippen LogP contribution is 2.31. The van der Waals surface area contributed by atoms with E-state index in [2.05, 4.69) is 22.4 Å². The summed E-state index contributed by atoms with van der Waals surface area (Å²) in [5.74, 6) is 0.705. The lowest BCUT2D eigenvalue weighted by molar-refractivity contribution is 0.00500. The Hall–Kier alpha value is -1.36. The van der Waals surface area contributed by atoms with E-state index < -0.39 is 5.60 Å². The van der Waals surface area contributed by atoms with Crippen molar-refractivity contribution in [2.45, 2.75) is 38.2 Å². The van der Waals surface area contributed by atoms with Gasteiger partial charge in [-0.25, -0.2) is 5.10 Å². The van der Waals surface area contributed by atoms with Gasteiger partial charge in [0.15, 0.2) is 0 Å². The average molecular weight is 237 g/mol. The maximum Gasteiger partial charge on any atom is 0.266 e. The Morgan fingerprint density at radius 3 is 2.94 bits per heavy atom. The summed E-state index contributed by atoms with van der Waals surface area (Å²) < 4.78 is 0. The van der Waals surface area contributed by atoms with Crippen molar-refractivity contribution in [3.63, 3.8) is 0 Å². The third-order valence-corrected chi connectivity index (χ3v) is 3.49. The Labute approximate surface area is 100 Å². The summed E-state index contributed by atoms with van der Waals surface area (Å²) in [4.78, 5) is 11.0. The highest BCUT2D eigenvalue weighted by atomic mass is 16.3. The number of nitrogens with zero attached hydrogens (tertiary/aromatic N) is 1. The van der Waals surface area contributed by atoms with Crippen LogP contribution >= 0.6 is 0 Å². The molecule has 0 unspecified atom stereocenters. The first-order valence-corrected chi connectivity index (χ1v) is 6.08. The number of H-pyrrole nitrogens is 1. The van der Waals surface area contributed by atoms with Crippen molar-refractivity contribution in [3.8, 4) is 0 Å². The van der Waals surface area contributed by atoms with Gasteiger partial charge in [-0.1, -0.05) is 6.92 Å². The predicted octanol–water partition coefficient (Wildman–Crippen LogP) is 1.12. The van der Waals surface area contributed by atoms with Crippen LogP contribution in [0.15, 0.2) is 17.1 Å². The lowest BCUT2D eigenvalue weighted by Crippen LogP contribution is -2.40. The van der Waals surface area contributed by atoms with Gasteiger partial charge < -0.3 is 10.4 Å². The SMILES string of the molecule is CC1CCC(O)(CNc2cn[nH]c(=O)c2)CC1. The van der Waals surface area contributed by atoms with Crippen molar-refractivity contribution >= 4 is 5.69 Å². The van der Waals surface area contributed by atoms with Gasteiger partial charge in [-0.2, -0.15) is 5.10 Å². The minimum atomic E-state index is -0.644. The fraction of sp³-hybridized carbons (Fsp3) is 0.667. The van der Waals surface area contributed by atoms with Gasteiger partial charge >= 0.3 is 0 Å². The molecule has 17 heavy (non-hydrogen) atoms. The molecule has 2 rings (SSSR count). The highest BCUT2D eigenvalue weighted by molar-refractivity contribution is 5.39. The molecule has 3 N–H and O–H groups in total. The Bertz CT molecular complexity index is 422. The molecule has 1 aliphatic carbocycles. The van der Waals surface area contributed by atoms with Crippen LogP contribution in [-0.4, -0.2) is 27.4 Å². The fourth-order valence-electron chi connectivity index (χ4n) is 2.22. The van der Waals surface area contributed by atoms with Crippen LogP contribution in [0.3, 0.4) is 0 Å². The van der Waals surface area contributed by atoms with Crippen LogP contribution in [-0.2, 0) is 0 Å². The number of nitrogens with one attached hydrogen (secondary N) is 2. The number of hydrogen-bond donors (Lipinski definition) is 3. The largest absolute Gasteiger partial charge is 0.388 e. The average Bonchev–Trinajstić information content (AvgIpc) is 2.31. The molecule has 0 atom stereocenters. The number of anilines is 1. The first kappa shape index (κ1) is 12.1. The van der Waals surface area contributed by atoms with Gasteiger partial charge in [0.2, 0.25) is 0 Å². The zero-order chi connectivity index (χ0) is 12.3. The molecule has 0 spiro atoms. The third-order valence-electron chi connectivity index (χ3n) is 3.49. The Morgan fingerprint density at radius 1 is 1.59 bits per heavy atom. The molecular formula is C12H19N3O2. The standard InChI is InChI=1S/C12H19N3O2/c1-9-2-4-12(17,5-3-9)8-13-10-6-11(16)15-14-7-10/h6-7,9,17H,2-5,8H2,1H3,(H2,13,15,16). The van der Waals surface area contributed by atoms with Crippen molar-refractivity contribution in [3.05, 3.63) is 22.6 Å². The van der Waals surface area contributed by atoms with Crippen molar-refractivity contribution in [2.24, 2.45) is 5.92 Å². The van der Waals surface area contributed by atoms with E-state index in [1.165, 1.54) is 6.07 Å². The van der Waals surface area contributed by atoms with E-state index in [1.54, 1.807) is 6.20 Å². The zero-order valence-corrected chi connectivity index (χ0v) is 10.1. The fourth-order valence-corrected chi connectivity index (χ4v) is 2.22. The molecule has 5 nitrogen and oxygen atoms in total. The van der Waals surface area contributed by atoms with Gasteiger partial charge in [-0.05, 0) is 31.6 Å². The molecule has 1 aromatic heterocycles. The normalized spacial score (nSPS) is 28.9. The molecule has 0 bridgehead atoms. The van der Waals surface area contributed by atoms with Gasteiger partial charge in [-0.3, -0.25) is 4.79 Å². The second-order valence-corrected chi connectivity index (χ2v) is 5.09. The molecule has 1 aromatic rings. The second-order valence-electron chi connectivity index (χ2n) is 5.09. The number of aromatic nitrogens is 2. The summed E-state index contributed by atoms with van der Waals surface area (Å²) >= 11 is 0. The minimum Gasteiger partial charge on any atom is -0.388 e. The predicted molar refractivity (Wildman–Crippen MR) is 65.9 cm³/mol. The molecule has 5 heteroatoms.